The monoisotopic (exact) mass is 443 g/mol. The Hall–Kier alpha value is -3.11. The van der Waals surface area contributed by atoms with Gasteiger partial charge in [0.2, 0.25) is 21.7 Å². The van der Waals surface area contributed by atoms with E-state index in [2.05, 4.69) is 25.2 Å². The van der Waals surface area contributed by atoms with Gasteiger partial charge in [0.1, 0.15) is 6.04 Å². The van der Waals surface area contributed by atoms with Crippen LogP contribution < -0.4 is 10.0 Å². The van der Waals surface area contributed by atoms with E-state index < -0.39 is 16.1 Å². The minimum absolute atomic E-state index is 0.0268. The molecule has 2 aromatic heterocycles. The lowest BCUT2D eigenvalue weighted by atomic mass is 10.0. The molecule has 0 bridgehead atoms. The van der Waals surface area contributed by atoms with Crippen molar-refractivity contribution in [2.24, 2.45) is 5.92 Å². The number of hydrogen-bond acceptors (Lipinski definition) is 7. The summed E-state index contributed by atoms with van der Waals surface area (Å²) in [5, 5.41) is 6.87. The molecule has 9 nitrogen and oxygen atoms in total. The van der Waals surface area contributed by atoms with Gasteiger partial charge in [0.15, 0.2) is 0 Å². The van der Waals surface area contributed by atoms with Crippen molar-refractivity contribution >= 4 is 15.9 Å². The third kappa shape index (κ3) is 5.53. The molecule has 3 aromatic rings. The van der Waals surface area contributed by atoms with Crippen molar-refractivity contribution in [1.82, 2.24) is 25.2 Å². The molecule has 2 N–H and O–H groups in total. The average Bonchev–Trinajstić information content (AvgIpc) is 3.21. The highest BCUT2D eigenvalue weighted by Gasteiger charge is 2.26. The molecule has 10 heteroatoms. The second-order valence-corrected chi connectivity index (χ2v) is 9.41. The predicted octanol–water partition coefficient (Wildman–Crippen LogP) is 2.95. The summed E-state index contributed by atoms with van der Waals surface area (Å²) >= 11 is 0. The molecule has 1 aromatic carbocycles. The third-order valence-electron chi connectivity index (χ3n) is 4.40. The fourth-order valence-corrected chi connectivity index (χ4v) is 4.13. The molecule has 0 aliphatic heterocycles. The highest BCUT2D eigenvalue weighted by atomic mass is 32.2. The summed E-state index contributed by atoms with van der Waals surface area (Å²) in [6.45, 7) is 7.32. The van der Waals surface area contributed by atoms with Gasteiger partial charge in [-0.2, -0.15) is 4.98 Å². The Morgan fingerprint density at radius 1 is 1.06 bits per heavy atom. The van der Waals surface area contributed by atoms with E-state index in [1.165, 1.54) is 24.3 Å². The Morgan fingerprint density at radius 3 is 2.35 bits per heavy atom. The molecule has 0 spiro atoms. The van der Waals surface area contributed by atoms with E-state index in [0.29, 0.717) is 17.0 Å². The van der Waals surface area contributed by atoms with Crippen molar-refractivity contribution in [3.63, 3.8) is 0 Å². The van der Waals surface area contributed by atoms with E-state index in [4.69, 9.17) is 4.52 Å². The lowest BCUT2D eigenvalue weighted by molar-refractivity contribution is 0.0914. The standard InChI is InChI=1S/C21H25N5O4S/c1-13(2)18(21-24-19(25-30-21)16-6-5-11-22-12-16)23-20(27)15-7-9-17(10-8-15)31(28,29)26-14(3)4/h5-14,18,26H,1-4H3,(H,23,27). The summed E-state index contributed by atoms with van der Waals surface area (Å²) in [6.07, 6.45) is 3.28. The number of carbonyl (C=O) groups excluding carboxylic acids is 1. The molecule has 0 aliphatic rings. The molecule has 2 heterocycles. The predicted molar refractivity (Wildman–Crippen MR) is 114 cm³/mol. The first kappa shape index (κ1) is 22.6. The summed E-state index contributed by atoms with van der Waals surface area (Å²) in [6, 6.07) is 8.57. The number of nitrogens with zero attached hydrogens (tertiary/aromatic N) is 3. The first-order chi connectivity index (χ1) is 14.7. The van der Waals surface area contributed by atoms with E-state index >= 15 is 0 Å². The molecule has 0 saturated heterocycles. The Balaban J connectivity index is 1.77. The average molecular weight is 444 g/mol. The van der Waals surface area contributed by atoms with Crippen LogP contribution in [0, 0.1) is 5.92 Å². The number of benzene rings is 1. The van der Waals surface area contributed by atoms with Gasteiger partial charge in [-0.25, -0.2) is 13.1 Å². The molecule has 164 valence electrons. The van der Waals surface area contributed by atoms with E-state index in [1.807, 2.05) is 19.9 Å². The summed E-state index contributed by atoms with van der Waals surface area (Å²) in [7, 11) is -3.63. The van der Waals surface area contributed by atoms with Crippen LogP contribution in [0.5, 0.6) is 0 Å². The fraction of sp³-hybridized carbons (Fsp3) is 0.333. The second-order valence-electron chi connectivity index (χ2n) is 7.69. The van der Waals surface area contributed by atoms with Gasteiger partial charge in [0.05, 0.1) is 4.90 Å². The summed E-state index contributed by atoms with van der Waals surface area (Å²) in [4.78, 5) is 21.3. The zero-order valence-electron chi connectivity index (χ0n) is 17.7. The fourth-order valence-electron chi connectivity index (χ4n) is 2.88. The minimum Gasteiger partial charge on any atom is -0.340 e. The molecule has 3 rings (SSSR count). The Bertz CT molecular complexity index is 1130. The number of sulfonamides is 1. The van der Waals surface area contributed by atoms with Crippen molar-refractivity contribution in [1.29, 1.82) is 0 Å². The first-order valence-corrected chi connectivity index (χ1v) is 11.3. The van der Waals surface area contributed by atoms with Gasteiger partial charge in [-0.3, -0.25) is 9.78 Å². The third-order valence-corrected chi connectivity index (χ3v) is 6.07. The molecule has 0 fully saturated rings. The zero-order chi connectivity index (χ0) is 22.6. The number of aromatic nitrogens is 3. The maximum atomic E-state index is 12.8. The zero-order valence-corrected chi connectivity index (χ0v) is 18.6. The van der Waals surface area contributed by atoms with Crippen LogP contribution in [0.15, 0.2) is 58.2 Å². The number of hydrogen-bond donors (Lipinski definition) is 2. The summed E-state index contributed by atoms with van der Waals surface area (Å²) in [5.41, 5.74) is 1.03. The van der Waals surface area contributed by atoms with Crippen molar-refractivity contribution in [2.45, 2.75) is 44.7 Å². The Labute approximate surface area is 181 Å². The lowest BCUT2D eigenvalue weighted by Gasteiger charge is -2.18. The molecule has 1 unspecified atom stereocenters. The van der Waals surface area contributed by atoms with Gasteiger partial charge in [-0.15, -0.1) is 0 Å². The normalized spacial score (nSPS) is 12.8. The van der Waals surface area contributed by atoms with Crippen molar-refractivity contribution in [2.75, 3.05) is 0 Å². The number of amides is 1. The van der Waals surface area contributed by atoms with Crippen LogP contribution in [0.4, 0.5) is 0 Å². The van der Waals surface area contributed by atoms with E-state index in [0.717, 1.165) is 0 Å². The van der Waals surface area contributed by atoms with E-state index in [-0.39, 0.29) is 28.7 Å². The van der Waals surface area contributed by atoms with Gasteiger partial charge in [-0.05, 0) is 56.2 Å². The maximum absolute atomic E-state index is 12.8. The second kappa shape index (κ2) is 9.36. The van der Waals surface area contributed by atoms with Crippen molar-refractivity contribution in [3.05, 3.63) is 60.2 Å². The van der Waals surface area contributed by atoms with Crippen LogP contribution in [0.1, 0.15) is 50.0 Å². The van der Waals surface area contributed by atoms with Gasteiger partial charge < -0.3 is 9.84 Å². The van der Waals surface area contributed by atoms with Crippen LogP contribution in [-0.2, 0) is 10.0 Å². The van der Waals surface area contributed by atoms with E-state index in [9.17, 15) is 13.2 Å². The number of carbonyl (C=O) groups is 1. The smallest absolute Gasteiger partial charge is 0.251 e. The molecule has 1 atom stereocenters. The highest BCUT2D eigenvalue weighted by molar-refractivity contribution is 7.89. The SMILES string of the molecule is CC(C)NS(=O)(=O)c1ccc(C(=O)NC(c2nc(-c3cccnc3)no2)C(C)C)cc1. The lowest BCUT2D eigenvalue weighted by Crippen LogP contribution is -2.32. The van der Waals surface area contributed by atoms with Crippen LogP contribution in [0.2, 0.25) is 0 Å². The topological polar surface area (TPSA) is 127 Å². The number of nitrogens with one attached hydrogen (secondary N) is 2. The molecular formula is C21H25N5O4S. The largest absolute Gasteiger partial charge is 0.340 e. The highest BCUT2D eigenvalue weighted by Crippen LogP contribution is 2.24. The van der Waals surface area contributed by atoms with Crippen LogP contribution >= 0.6 is 0 Å². The number of rotatable bonds is 8. The number of pyridine rings is 1. The van der Waals surface area contributed by atoms with Gasteiger partial charge >= 0.3 is 0 Å². The molecular weight excluding hydrogens is 418 g/mol. The summed E-state index contributed by atoms with van der Waals surface area (Å²) < 4.78 is 32.4. The molecule has 0 aliphatic carbocycles. The Kier molecular flexibility index (Phi) is 6.81. The minimum atomic E-state index is -3.63. The molecule has 0 radical (unpaired) electrons. The van der Waals surface area contributed by atoms with Crippen LogP contribution in [0.3, 0.4) is 0 Å². The van der Waals surface area contributed by atoms with E-state index in [1.54, 1.807) is 32.3 Å². The Morgan fingerprint density at radius 2 is 1.77 bits per heavy atom. The maximum Gasteiger partial charge on any atom is 0.251 e. The quantitative estimate of drug-likeness (QED) is 0.548. The van der Waals surface area contributed by atoms with Crippen LogP contribution in [-0.4, -0.2) is 35.5 Å². The molecule has 0 saturated carbocycles. The van der Waals surface area contributed by atoms with Gasteiger partial charge in [0.25, 0.3) is 5.91 Å². The molecule has 31 heavy (non-hydrogen) atoms. The van der Waals surface area contributed by atoms with Crippen LogP contribution in [0.25, 0.3) is 11.4 Å². The first-order valence-electron chi connectivity index (χ1n) is 9.84. The summed E-state index contributed by atoms with van der Waals surface area (Å²) in [5.74, 6) is 0.263. The van der Waals surface area contributed by atoms with Crippen molar-refractivity contribution < 1.29 is 17.7 Å². The van der Waals surface area contributed by atoms with Gasteiger partial charge in [0, 0.05) is 29.6 Å². The molecule has 1 amide bonds. The van der Waals surface area contributed by atoms with Crippen molar-refractivity contribution in [3.8, 4) is 11.4 Å². The van der Waals surface area contributed by atoms with Gasteiger partial charge in [-0.1, -0.05) is 19.0 Å².